The van der Waals surface area contributed by atoms with Crippen LogP contribution in [-0.4, -0.2) is 87.3 Å². The topological polar surface area (TPSA) is 91.0 Å². The molecule has 0 heterocycles. The minimum Gasteiger partial charge on any atom is -0.413 e. The van der Waals surface area contributed by atoms with E-state index in [1.807, 2.05) is 72.8 Å². The Bertz CT molecular complexity index is 1620. The number of benzene rings is 3. The van der Waals surface area contributed by atoms with Crippen molar-refractivity contribution in [1.29, 1.82) is 0 Å². The van der Waals surface area contributed by atoms with Crippen LogP contribution in [0.2, 0.25) is 18.1 Å². The van der Waals surface area contributed by atoms with Gasteiger partial charge in [0.25, 0.3) is 0 Å². The molecule has 0 bridgehead atoms. The summed E-state index contributed by atoms with van der Waals surface area (Å²) in [5.74, 6) is -0.839. The van der Waals surface area contributed by atoms with Crippen molar-refractivity contribution in [2.24, 2.45) is 0 Å². The van der Waals surface area contributed by atoms with E-state index in [0.717, 1.165) is 21.9 Å². The lowest BCUT2D eigenvalue weighted by atomic mass is 9.98. The van der Waals surface area contributed by atoms with Crippen molar-refractivity contribution in [3.8, 4) is 0 Å². The fourth-order valence-corrected chi connectivity index (χ4v) is 7.16. The number of hydrogen-bond donors (Lipinski definition) is 2. The lowest BCUT2D eigenvalue weighted by Crippen LogP contribution is -2.55. The van der Waals surface area contributed by atoms with Gasteiger partial charge in [0.05, 0.1) is 6.10 Å². The number of amides is 3. The summed E-state index contributed by atoms with van der Waals surface area (Å²) in [6, 6.07) is 22.2. The Morgan fingerprint density at radius 3 is 2.04 bits per heavy atom. The SMILES string of the molecule is CNC(=O)[C@@H](Cc1ccccc1)N(C)C(=O)[C@@H](Cc1ccc2ccccc2c1)N(C)C(=O)C=CCC(C)(C)NC[C@@H](C)O[Si](C)(C)C(C)(C)C. The number of likely N-dealkylation sites (N-methyl/N-ethyl adjacent to an activating group) is 3. The van der Waals surface area contributed by atoms with Gasteiger partial charge in [0, 0.05) is 46.1 Å². The van der Waals surface area contributed by atoms with Crippen LogP contribution in [0.25, 0.3) is 10.8 Å². The highest BCUT2D eigenvalue weighted by atomic mass is 28.4. The third-order valence-electron chi connectivity index (χ3n) is 10.0. The molecule has 3 aromatic rings. The molecule has 50 heavy (non-hydrogen) atoms. The molecule has 0 fully saturated rings. The quantitative estimate of drug-likeness (QED) is 0.128. The van der Waals surface area contributed by atoms with Crippen molar-refractivity contribution >= 4 is 36.8 Å². The van der Waals surface area contributed by atoms with Crippen LogP contribution in [0.4, 0.5) is 0 Å². The summed E-state index contributed by atoms with van der Waals surface area (Å²) in [7, 11) is 3.01. The van der Waals surface area contributed by atoms with Gasteiger partial charge in [-0.05, 0) is 73.3 Å². The van der Waals surface area contributed by atoms with Crippen LogP contribution in [0.1, 0.15) is 59.1 Å². The normalized spacial score (nSPS) is 14.3. The van der Waals surface area contributed by atoms with Gasteiger partial charge in [-0.15, -0.1) is 0 Å². The van der Waals surface area contributed by atoms with E-state index in [4.69, 9.17) is 4.43 Å². The average molecular weight is 701 g/mol. The molecule has 0 saturated heterocycles. The number of nitrogens with one attached hydrogen (secondary N) is 2. The average Bonchev–Trinajstić information content (AvgIpc) is 3.07. The van der Waals surface area contributed by atoms with Crippen LogP contribution in [-0.2, 0) is 31.7 Å². The van der Waals surface area contributed by atoms with Crippen molar-refractivity contribution in [1.82, 2.24) is 20.4 Å². The molecule has 0 aliphatic carbocycles. The zero-order valence-electron chi connectivity index (χ0n) is 32.2. The smallest absolute Gasteiger partial charge is 0.246 e. The maximum atomic E-state index is 14.4. The maximum Gasteiger partial charge on any atom is 0.246 e. The van der Waals surface area contributed by atoms with Gasteiger partial charge in [0.1, 0.15) is 12.1 Å². The van der Waals surface area contributed by atoms with E-state index < -0.39 is 20.4 Å². The monoisotopic (exact) mass is 700 g/mol. The number of carbonyl (C=O) groups is 3. The van der Waals surface area contributed by atoms with Crippen LogP contribution < -0.4 is 10.6 Å². The number of carbonyl (C=O) groups excluding carboxylic acids is 3. The summed E-state index contributed by atoms with van der Waals surface area (Å²) in [5, 5.41) is 8.63. The summed E-state index contributed by atoms with van der Waals surface area (Å²) in [4.78, 5) is 44.2. The Morgan fingerprint density at radius 2 is 1.42 bits per heavy atom. The van der Waals surface area contributed by atoms with E-state index in [-0.39, 0.29) is 34.4 Å². The van der Waals surface area contributed by atoms with Crippen molar-refractivity contribution in [2.45, 2.75) is 103 Å². The van der Waals surface area contributed by atoms with Gasteiger partial charge >= 0.3 is 0 Å². The van der Waals surface area contributed by atoms with E-state index in [0.29, 0.717) is 25.8 Å². The second kappa shape index (κ2) is 17.4. The Balaban J connectivity index is 1.80. The fraction of sp³-hybridized carbons (Fsp3) is 0.488. The van der Waals surface area contributed by atoms with Gasteiger partial charge in [0.15, 0.2) is 8.32 Å². The molecule has 0 aliphatic heterocycles. The van der Waals surface area contributed by atoms with Crippen molar-refractivity contribution in [3.05, 3.63) is 96.1 Å². The van der Waals surface area contributed by atoms with Crippen LogP contribution in [0.3, 0.4) is 0 Å². The van der Waals surface area contributed by atoms with Crippen molar-refractivity contribution in [3.63, 3.8) is 0 Å². The molecule has 8 nitrogen and oxygen atoms in total. The molecule has 3 atom stereocenters. The zero-order chi connectivity index (χ0) is 37.3. The van der Waals surface area contributed by atoms with Crippen LogP contribution in [0.5, 0.6) is 0 Å². The summed E-state index contributed by atoms with van der Waals surface area (Å²) in [5.41, 5.74) is 1.59. The number of hydrogen-bond acceptors (Lipinski definition) is 5. The standard InChI is InChI=1S/C41H60N4O4Si/c1-30(49-50(10,11)40(2,3)4)29-43-41(5,6)25-17-22-37(46)44(8)36(28-32-23-24-33-20-15-16-21-34(33)26-32)39(48)45(9)35(38(47)42-7)27-31-18-13-12-14-19-31/h12-24,26,30,35-36,43H,25,27-29H2,1-11H3,(H,42,47)/t30-,35-,36-/m1/s1. The third-order valence-corrected chi connectivity index (χ3v) is 14.6. The molecule has 0 radical (unpaired) electrons. The third kappa shape index (κ3) is 11.4. The number of fused-ring (bicyclic) bond motifs is 1. The van der Waals surface area contributed by atoms with E-state index in [1.165, 1.54) is 9.80 Å². The van der Waals surface area contributed by atoms with Crippen molar-refractivity contribution in [2.75, 3.05) is 27.7 Å². The predicted molar refractivity (Wildman–Crippen MR) is 209 cm³/mol. The molecule has 3 aromatic carbocycles. The molecule has 0 aliphatic rings. The molecule has 0 spiro atoms. The van der Waals surface area contributed by atoms with E-state index in [9.17, 15) is 14.4 Å². The lowest BCUT2D eigenvalue weighted by Gasteiger charge is -2.39. The van der Waals surface area contributed by atoms with E-state index >= 15 is 0 Å². The Hall–Kier alpha value is -3.79. The molecular formula is C41H60N4O4Si. The predicted octanol–water partition coefficient (Wildman–Crippen LogP) is 6.75. The Morgan fingerprint density at radius 1 is 0.820 bits per heavy atom. The maximum absolute atomic E-state index is 14.4. The first-order chi connectivity index (χ1) is 23.3. The largest absolute Gasteiger partial charge is 0.413 e. The molecule has 9 heteroatoms. The highest BCUT2D eigenvalue weighted by Crippen LogP contribution is 2.37. The molecule has 0 saturated carbocycles. The lowest BCUT2D eigenvalue weighted by molar-refractivity contribution is -0.146. The molecule has 272 valence electrons. The highest BCUT2D eigenvalue weighted by Gasteiger charge is 2.38. The minimum absolute atomic E-state index is 0.0614. The van der Waals surface area contributed by atoms with E-state index in [2.05, 4.69) is 71.3 Å². The van der Waals surface area contributed by atoms with Crippen LogP contribution >= 0.6 is 0 Å². The van der Waals surface area contributed by atoms with Crippen molar-refractivity contribution < 1.29 is 18.8 Å². The second-order valence-electron chi connectivity index (χ2n) is 15.7. The minimum atomic E-state index is -1.88. The first-order valence-electron chi connectivity index (χ1n) is 17.7. The molecular weight excluding hydrogens is 641 g/mol. The van der Waals surface area contributed by atoms with Gasteiger partial charge in [-0.25, -0.2) is 0 Å². The molecule has 3 amide bonds. The number of rotatable bonds is 16. The molecule has 0 aromatic heterocycles. The van der Waals surface area contributed by atoms with E-state index in [1.54, 1.807) is 27.2 Å². The zero-order valence-corrected chi connectivity index (χ0v) is 33.2. The first-order valence-corrected chi connectivity index (χ1v) is 20.6. The fourth-order valence-electron chi connectivity index (χ4n) is 5.72. The highest BCUT2D eigenvalue weighted by molar-refractivity contribution is 6.74. The summed E-state index contributed by atoms with van der Waals surface area (Å²) in [6.45, 7) is 18.3. The van der Waals surface area contributed by atoms with Gasteiger partial charge < -0.3 is 24.9 Å². The second-order valence-corrected chi connectivity index (χ2v) is 20.4. The van der Waals surface area contributed by atoms with Crippen LogP contribution in [0, 0.1) is 0 Å². The molecule has 0 unspecified atom stereocenters. The van der Waals surface area contributed by atoms with Gasteiger partial charge in [-0.1, -0.05) is 99.6 Å². The summed E-state index contributed by atoms with van der Waals surface area (Å²) >= 11 is 0. The molecule has 2 N–H and O–H groups in total. The van der Waals surface area contributed by atoms with Gasteiger partial charge in [-0.3, -0.25) is 14.4 Å². The Kier molecular flexibility index (Phi) is 14.2. The number of nitrogens with zero attached hydrogens (tertiary/aromatic N) is 2. The van der Waals surface area contributed by atoms with Crippen LogP contribution in [0.15, 0.2) is 84.9 Å². The van der Waals surface area contributed by atoms with Gasteiger partial charge in [-0.2, -0.15) is 0 Å². The van der Waals surface area contributed by atoms with Gasteiger partial charge in [0.2, 0.25) is 17.7 Å². The Labute approximate surface area is 301 Å². The summed E-state index contributed by atoms with van der Waals surface area (Å²) in [6.07, 6.45) is 4.75. The molecule has 3 rings (SSSR count). The first kappa shape index (κ1) is 40.6. The summed E-state index contributed by atoms with van der Waals surface area (Å²) < 4.78 is 6.52.